The first kappa shape index (κ1) is 12.9. The summed E-state index contributed by atoms with van der Waals surface area (Å²) in [7, 11) is 0. The Hall–Kier alpha value is -2.80. The van der Waals surface area contributed by atoms with Crippen LogP contribution in [0, 0.1) is 6.92 Å². The molecule has 4 aromatic rings. The van der Waals surface area contributed by atoms with Crippen LogP contribution in [0.4, 0.5) is 0 Å². The van der Waals surface area contributed by atoms with Gasteiger partial charge in [-0.05, 0) is 31.2 Å². The van der Waals surface area contributed by atoms with Gasteiger partial charge in [-0.25, -0.2) is 19.3 Å². The number of nitrogens with zero attached hydrogens (tertiary/aromatic N) is 3. The van der Waals surface area contributed by atoms with Gasteiger partial charge in [0.2, 0.25) is 0 Å². The molecule has 0 spiro atoms. The lowest BCUT2D eigenvalue weighted by atomic mass is 10.2. The smallest absolute Gasteiger partial charge is 0.273 e. The first-order valence-corrected chi connectivity index (χ1v) is 7.48. The maximum absolute atomic E-state index is 12.4. The molecule has 3 heterocycles. The molecule has 6 nitrogen and oxygen atoms in total. The summed E-state index contributed by atoms with van der Waals surface area (Å²) in [5, 5.41) is 0.381. The number of rotatable bonds is 1. The third kappa shape index (κ3) is 1.79. The summed E-state index contributed by atoms with van der Waals surface area (Å²) in [6, 6.07) is 8.96. The van der Waals surface area contributed by atoms with Crippen LogP contribution in [0.3, 0.4) is 0 Å². The molecule has 0 amide bonds. The lowest BCUT2D eigenvalue weighted by Gasteiger charge is -2.09. The van der Waals surface area contributed by atoms with Crippen molar-refractivity contribution in [1.82, 2.24) is 19.5 Å². The van der Waals surface area contributed by atoms with Crippen molar-refractivity contribution in [2.75, 3.05) is 0 Å². The van der Waals surface area contributed by atoms with E-state index in [9.17, 15) is 9.59 Å². The number of aromatic amines is 1. The molecular weight excluding hydrogens is 300 g/mol. The Kier molecular flexibility index (Phi) is 2.70. The Bertz CT molecular complexity index is 1140. The fourth-order valence-electron chi connectivity index (χ4n) is 2.48. The van der Waals surface area contributed by atoms with Crippen LogP contribution >= 0.6 is 11.3 Å². The molecule has 4 rings (SSSR count). The highest BCUT2D eigenvalue weighted by Gasteiger charge is 2.14. The molecule has 0 saturated heterocycles. The van der Waals surface area contributed by atoms with Gasteiger partial charge in [-0.2, -0.15) is 0 Å². The average molecular weight is 310 g/mol. The fourth-order valence-corrected chi connectivity index (χ4v) is 3.27. The first-order valence-electron chi connectivity index (χ1n) is 6.60. The summed E-state index contributed by atoms with van der Waals surface area (Å²) in [5.74, 6) is 0. The highest BCUT2D eigenvalue weighted by molar-refractivity contribution is 7.17. The number of thiazole rings is 1. The van der Waals surface area contributed by atoms with Gasteiger partial charge < -0.3 is 0 Å². The molecule has 0 aliphatic rings. The van der Waals surface area contributed by atoms with Crippen molar-refractivity contribution in [2.24, 2.45) is 0 Å². The van der Waals surface area contributed by atoms with Crippen LogP contribution < -0.4 is 11.2 Å². The first-order chi connectivity index (χ1) is 10.6. The van der Waals surface area contributed by atoms with Crippen molar-refractivity contribution >= 4 is 32.6 Å². The van der Waals surface area contributed by atoms with Crippen LogP contribution in [-0.2, 0) is 0 Å². The van der Waals surface area contributed by atoms with Crippen molar-refractivity contribution in [3.05, 3.63) is 62.4 Å². The molecular formula is C15H10N4O2S. The largest absolute Gasteiger partial charge is 0.334 e. The predicted octanol–water partition coefficient (Wildman–Crippen LogP) is 1.99. The van der Waals surface area contributed by atoms with E-state index in [1.54, 1.807) is 17.6 Å². The number of aryl methyl sites for hydroxylation is 1. The summed E-state index contributed by atoms with van der Waals surface area (Å²) in [6.45, 7) is 1.82. The van der Waals surface area contributed by atoms with Crippen LogP contribution in [0.1, 0.15) is 5.69 Å². The molecule has 108 valence electrons. The van der Waals surface area contributed by atoms with E-state index in [1.807, 2.05) is 25.1 Å². The van der Waals surface area contributed by atoms with E-state index in [0.717, 1.165) is 15.9 Å². The van der Waals surface area contributed by atoms with E-state index >= 15 is 0 Å². The molecule has 0 atom stereocenters. The Morgan fingerprint density at radius 1 is 1.18 bits per heavy atom. The topological polar surface area (TPSA) is 80.6 Å². The Balaban J connectivity index is 2.24. The molecule has 22 heavy (non-hydrogen) atoms. The van der Waals surface area contributed by atoms with E-state index in [2.05, 4.69) is 15.0 Å². The maximum Gasteiger partial charge on any atom is 0.334 e. The third-order valence-electron chi connectivity index (χ3n) is 3.47. The highest BCUT2D eigenvalue weighted by Crippen LogP contribution is 2.25. The Morgan fingerprint density at radius 2 is 2.05 bits per heavy atom. The number of pyridine rings is 1. The van der Waals surface area contributed by atoms with Crippen LogP contribution in [0.2, 0.25) is 0 Å². The zero-order chi connectivity index (χ0) is 15.3. The maximum atomic E-state index is 12.4. The van der Waals surface area contributed by atoms with Gasteiger partial charge >= 0.3 is 5.69 Å². The zero-order valence-electron chi connectivity index (χ0n) is 11.5. The summed E-state index contributed by atoms with van der Waals surface area (Å²) in [4.78, 5) is 35.4. The molecule has 1 aromatic carbocycles. The molecule has 0 radical (unpaired) electrons. The second-order valence-electron chi connectivity index (χ2n) is 4.90. The second-order valence-corrected chi connectivity index (χ2v) is 5.75. The van der Waals surface area contributed by atoms with E-state index < -0.39 is 11.2 Å². The van der Waals surface area contributed by atoms with Crippen molar-refractivity contribution in [2.45, 2.75) is 6.92 Å². The third-order valence-corrected chi connectivity index (χ3v) is 4.34. The van der Waals surface area contributed by atoms with E-state index in [4.69, 9.17) is 0 Å². The van der Waals surface area contributed by atoms with Gasteiger partial charge in [-0.15, -0.1) is 11.3 Å². The van der Waals surface area contributed by atoms with E-state index in [1.165, 1.54) is 15.9 Å². The molecule has 0 aliphatic heterocycles. The van der Waals surface area contributed by atoms with E-state index in [-0.39, 0.29) is 0 Å². The number of hydrogen-bond acceptors (Lipinski definition) is 5. The standard InChI is InChI=1S/C15H10N4O2S/c1-8-5-6-9-13(17-8)19(15(21)18-14(9)20)11-4-2-3-10-12(11)22-7-16-10/h2-7H,1H3,(H,18,20,21). The Morgan fingerprint density at radius 3 is 2.91 bits per heavy atom. The van der Waals surface area contributed by atoms with Crippen molar-refractivity contribution in [3.8, 4) is 5.69 Å². The van der Waals surface area contributed by atoms with Gasteiger partial charge in [-0.1, -0.05) is 6.07 Å². The van der Waals surface area contributed by atoms with Crippen molar-refractivity contribution in [3.63, 3.8) is 0 Å². The van der Waals surface area contributed by atoms with Crippen LogP contribution in [0.5, 0.6) is 0 Å². The normalized spacial score (nSPS) is 11.3. The number of benzene rings is 1. The molecule has 0 unspecified atom stereocenters. The number of H-pyrrole nitrogens is 1. The van der Waals surface area contributed by atoms with Crippen LogP contribution in [0.15, 0.2) is 45.4 Å². The number of aromatic nitrogens is 4. The Labute approximate surface area is 127 Å². The van der Waals surface area contributed by atoms with Crippen molar-refractivity contribution in [1.29, 1.82) is 0 Å². The lowest BCUT2D eigenvalue weighted by molar-refractivity contribution is 0.928. The molecule has 0 aliphatic carbocycles. The van der Waals surface area contributed by atoms with Gasteiger partial charge in [0.15, 0.2) is 5.65 Å². The summed E-state index contributed by atoms with van der Waals surface area (Å²) < 4.78 is 2.31. The van der Waals surface area contributed by atoms with Gasteiger partial charge in [0.25, 0.3) is 5.56 Å². The fraction of sp³-hybridized carbons (Fsp3) is 0.0667. The van der Waals surface area contributed by atoms with Gasteiger partial charge in [-0.3, -0.25) is 9.78 Å². The zero-order valence-corrected chi connectivity index (χ0v) is 12.3. The lowest BCUT2D eigenvalue weighted by Crippen LogP contribution is -2.30. The molecule has 0 bridgehead atoms. The van der Waals surface area contributed by atoms with Gasteiger partial charge in [0.05, 0.1) is 26.8 Å². The SMILES string of the molecule is Cc1ccc2c(=O)[nH]c(=O)n(-c3cccc4ncsc34)c2n1. The number of hydrogen-bond donors (Lipinski definition) is 1. The molecule has 1 N–H and O–H groups in total. The van der Waals surface area contributed by atoms with Crippen LogP contribution in [-0.4, -0.2) is 19.5 Å². The molecule has 3 aromatic heterocycles. The minimum Gasteiger partial charge on any atom is -0.273 e. The minimum atomic E-state index is -0.503. The second kappa shape index (κ2) is 4.60. The highest BCUT2D eigenvalue weighted by atomic mass is 32.1. The quantitative estimate of drug-likeness (QED) is 0.583. The van der Waals surface area contributed by atoms with Gasteiger partial charge in [0.1, 0.15) is 0 Å². The van der Waals surface area contributed by atoms with Crippen LogP contribution in [0.25, 0.3) is 26.9 Å². The predicted molar refractivity (Wildman–Crippen MR) is 85.9 cm³/mol. The average Bonchev–Trinajstić information content (AvgIpc) is 2.96. The summed E-state index contributed by atoms with van der Waals surface area (Å²) in [5.41, 5.74) is 3.37. The minimum absolute atomic E-state index is 0.356. The van der Waals surface area contributed by atoms with E-state index in [0.29, 0.717) is 16.7 Å². The van der Waals surface area contributed by atoms with Gasteiger partial charge in [0, 0.05) is 5.69 Å². The summed E-state index contributed by atoms with van der Waals surface area (Å²) >= 11 is 1.44. The molecule has 0 fully saturated rings. The molecule has 0 saturated carbocycles. The monoisotopic (exact) mass is 310 g/mol. The number of fused-ring (bicyclic) bond motifs is 2. The summed E-state index contributed by atoms with van der Waals surface area (Å²) in [6.07, 6.45) is 0. The number of nitrogens with one attached hydrogen (secondary N) is 1. The van der Waals surface area contributed by atoms with Crippen molar-refractivity contribution < 1.29 is 0 Å². The molecule has 7 heteroatoms.